The summed E-state index contributed by atoms with van der Waals surface area (Å²) < 4.78 is 16.5. The van der Waals surface area contributed by atoms with Gasteiger partial charge in [0.05, 0.1) is 23.1 Å². The van der Waals surface area contributed by atoms with E-state index in [2.05, 4.69) is 0 Å². The fourth-order valence-electron chi connectivity index (χ4n) is 4.40. The summed E-state index contributed by atoms with van der Waals surface area (Å²) in [5, 5.41) is 0. The van der Waals surface area contributed by atoms with Crippen LogP contribution in [0.4, 0.5) is 5.69 Å². The lowest BCUT2D eigenvalue weighted by Crippen LogP contribution is -2.52. The van der Waals surface area contributed by atoms with Gasteiger partial charge in [0.1, 0.15) is 0 Å². The summed E-state index contributed by atoms with van der Waals surface area (Å²) in [6.45, 7) is 4.01. The Hall–Kier alpha value is -3.00. The van der Waals surface area contributed by atoms with E-state index in [4.69, 9.17) is 14.2 Å². The number of carbonyl (C=O) groups excluding carboxylic acids is 4. The smallest absolute Gasteiger partial charge is 0.305 e. The Bertz CT molecular complexity index is 894. The summed E-state index contributed by atoms with van der Waals surface area (Å²) in [6, 6.07) is 8.57. The van der Waals surface area contributed by atoms with E-state index in [-0.39, 0.29) is 0 Å². The molecule has 0 radical (unpaired) electrons. The van der Waals surface area contributed by atoms with Crippen molar-refractivity contribution in [3.05, 3.63) is 42.5 Å². The maximum atomic E-state index is 13.3. The molecule has 3 aliphatic heterocycles. The average molecular weight is 385 g/mol. The van der Waals surface area contributed by atoms with Gasteiger partial charge >= 0.3 is 11.9 Å². The lowest BCUT2D eigenvalue weighted by Gasteiger charge is -2.34. The minimum Gasteiger partial charge on any atom is -0.422 e. The molecule has 0 saturated carbocycles. The summed E-state index contributed by atoms with van der Waals surface area (Å²) in [5.74, 6) is -4.10. The van der Waals surface area contributed by atoms with Gasteiger partial charge in [0, 0.05) is 13.8 Å². The molecule has 28 heavy (non-hydrogen) atoms. The van der Waals surface area contributed by atoms with Crippen LogP contribution in [-0.4, -0.2) is 41.2 Å². The summed E-state index contributed by atoms with van der Waals surface area (Å²) in [4.78, 5) is 50.8. The number of imide groups is 1. The van der Waals surface area contributed by atoms with Crippen molar-refractivity contribution in [2.75, 3.05) is 4.90 Å². The van der Waals surface area contributed by atoms with Crippen LogP contribution in [0, 0.1) is 11.8 Å². The number of nitrogens with zero attached hydrogens (tertiary/aromatic N) is 1. The van der Waals surface area contributed by atoms with E-state index in [0.29, 0.717) is 5.69 Å². The SMILES string of the molecule is CC(=O)OC(OC(C)=O)[C@@]12C=C[C@@](C)(O1)[C@H]1C(=O)N(c3ccccc3)C(=O)[C@@H]12. The molecule has 4 atom stereocenters. The van der Waals surface area contributed by atoms with Crippen LogP contribution in [0.3, 0.4) is 0 Å². The van der Waals surface area contributed by atoms with Crippen molar-refractivity contribution in [1.82, 2.24) is 0 Å². The number of hydrogen-bond donors (Lipinski definition) is 0. The predicted octanol–water partition coefficient (Wildman–Crippen LogP) is 1.34. The van der Waals surface area contributed by atoms with Gasteiger partial charge in [-0.05, 0) is 25.1 Å². The Labute approximate surface area is 161 Å². The van der Waals surface area contributed by atoms with E-state index >= 15 is 0 Å². The number of benzene rings is 1. The van der Waals surface area contributed by atoms with Gasteiger partial charge in [-0.2, -0.15) is 0 Å². The Balaban J connectivity index is 1.80. The van der Waals surface area contributed by atoms with Crippen LogP contribution in [0.5, 0.6) is 0 Å². The van der Waals surface area contributed by atoms with Crippen LogP contribution in [-0.2, 0) is 33.4 Å². The molecule has 0 aromatic heterocycles. The summed E-state index contributed by atoms with van der Waals surface area (Å²) in [7, 11) is 0. The standard InChI is InChI=1S/C20H19NO7/c1-11(22)26-18(27-12(2)23)20-10-9-19(3,28-20)14-15(20)17(25)21(16(14)24)13-7-5-4-6-8-13/h4-10,14-15,18H,1-3H3/t14-,15-,19-,20+/m1/s1. The zero-order chi connectivity index (χ0) is 20.3. The first-order chi connectivity index (χ1) is 13.2. The molecular weight excluding hydrogens is 366 g/mol. The highest BCUT2D eigenvalue weighted by Crippen LogP contribution is 2.59. The monoisotopic (exact) mass is 385 g/mol. The van der Waals surface area contributed by atoms with Gasteiger partial charge in [0.25, 0.3) is 6.29 Å². The van der Waals surface area contributed by atoms with Gasteiger partial charge in [-0.25, -0.2) is 4.90 Å². The fourth-order valence-corrected chi connectivity index (χ4v) is 4.40. The molecule has 2 amide bonds. The minimum atomic E-state index is -1.56. The van der Waals surface area contributed by atoms with E-state index in [9.17, 15) is 19.2 Å². The van der Waals surface area contributed by atoms with Crippen LogP contribution in [0.25, 0.3) is 0 Å². The third kappa shape index (κ3) is 2.41. The van der Waals surface area contributed by atoms with Crippen molar-refractivity contribution >= 4 is 29.4 Å². The van der Waals surface area contributed by atoms with Gasteiger partial charge < -0.3 is 14.2 Å². The third-order valence-electron chi connectivity index (χ3n) is 5.41. The molecule has 1 aromatic carbocycles. The molecule has 1 aromatic rings. The normalized spacial score (nSPS) is 32.8. The molecule has 3 aliphatic rings. The second-order valence-electron chi connectivity index (χ2n) is 7.33. The van der Waals surface area contributed by atoms with E-state index in [1.165, 1.54) is 0 Å². The van der Waals surface area contributed by atoms with Crippen molar-refractivity contribution in [3.8, 4) is 0 Å². The van der Waals surface area contributed by atoms with Crippen molar-refractivity contribution in [2.45, 2.75) is 38.3 Å². The molecule has 4 rings (SSSR count). The van der Waals surface area contributed by atoms with Crippen LogP contribution >= 0.6 is 0 Å². The Morgan fingerprint density at radius 1 is 1.00 bits per heavy atom. The quantitative estimate of drug-likeness (QED) is 0.334. The first-order valence-corrected chi connectivity index (χ1v) is 8.87. The Morgan fingerprint density at radius 3 is 2.14 bits per heavy atom. The zero-order valence-corrected chi connectivity index (χ0v) is 15.6. The first kappa shape index (κ1) is 18.4. The van der Waals surface area contributed by atoms with Gasteiger partial charge in [-0.15, -0.1) is 0 Å². The lowest BCUT2D eigenvalue weighted by molar-refractivity contribution is -0.231. The van der Waals surface area contributed by atoms with Crippen molar-refractivity contribution in [2.24, 2.45) is 11.8 Å². The summed E-state index contributed by atoms with van der Waals surface area (Å²) >= 11 is 0. The number of rotatable bonds is 4. The summed E-state index contributed by atoms with van der Waals surface area (Å²) in [6.07, 6.45) is 1.74. The highest BCUT2D eigenvalue weighted by molar-refractivity contribution is 6.23. The van der Waals surface area contributed by atoms with Crippen molar-refractivity contribution in [3.63, 3.8) is 0 Å². The predicted molar refractivity (Wildman–Crippen MR) is 94.6 cm³/mol. The van der Waals surface area contributed by atoms with Crippen molar-refractivity contribution < 1.29 is 33.4 Å². The van der Waals surface area contributed by atoms with Crippen LogP contribution < -0.4 is 4.90 Å². The molecule has 8 nitrogen and oxygen atoms in total. The molecule has 3 heterocycles. The van der Waals surface area contributed by atoms with Crippen LogP contribution in [0.15, 0.2) is 42.5 Å². The maximum Gasteiger partial charge on any atom is 0.305 e. The molecule has 8 heteroatoms. The number of esters is 2. The number of amides is 2. The van der Waals surface area contributed by atoms with Crippen molar-refractivity contribution in [1.29, 1.82) is 0 Å². The maximum absolute atomic E-state index is 13.3. The number of fused-ring (bicyclic) bond motifs is 5. The van der Waals surface area contributed by atoms with Gasteiger partial charge in [0.15, 0.2) is 5.60 Å². The molecule has 2 bridgehead atoms. The van der Waals surface area contributed by atoms with E-state index in [1.54, 1.807) is 49.4 Å². The highest BCUT2D eigenvalue weighted by Gasteiger charge is 2.75. The second kappa shape index (κ2) is 6.00. The van der Waals surface area contributed by atoms with Crippen LogP contribution in [0.1, 0.15) is 20.8 Å². The number of ether oxygens (including phenoxy) is 3. The molecule has 146 valence electrons. The topological polar surface area (TPSA) is 99.2 Å². The number of carbonyl (C=O) groups is 4. The minimum absolute atomic E-state index is 0.403. The van der Waals surface area contributed by atoms with E-state index < -0.39 is 53.1 Å². The van der Waals surface area contributed by atoms with E-state index in [0.717, 1.165) is 18.7 Å². The van der Waals surface area contributed by atoms with Crippen LogP contribution in [0.2, 0.25) is 0 Å². The van der Waals surface area contributed by atoms with Gasteiger partial charge in [-0.1, -0.05) is 24.3 Å². The Morgan fingerprint density at radius 2 is 1.57 bits per heavy atom. The molecule has 0 aliphatic carbocycles. The van der Waals surface area contributed by atoms with Gasteiger partial charge in [-0.3, -0.25) is 19.2 Å². The average Bonchev–Trinajstić information content (AvgIpc) is 3.20. The zero-order valence-electron chi connectivity index (χ0n) is 15.6. The molecule has 0 unspecified atom stereocenters. The summed E-state index contributed by atoms with van der Waals surface area (Å²) in [5.41, 5.74) is -2.20. The molecule has 0 spiro atoms. The fraction of sp³-hybridized carbons (Fsp3) is 0.400. The number of anilines is 1. The first-order valence-electron chi connectivity index (χ1n) is 8.87. The molecule has 2 fully saturated rings. The number of hydrogen-bond acceptors (Lipinski definition) is 7. The molecular formula is C20H19NO7. The Kier molecular flexibility index (Phi) is 3.94. The third-order valence-corrected chi connectivity index (χ3v) is 5.41. The second-order valence-corrected chi connectivity index (χ2v) is 7.33. The molecule has 2 saturated heterocycles. The number of para-hydroxylation sites is 1. The molecule has 0 N–H and O–H groups in total. The highest BCUT2D eigenvalue weighted by atomic mass is 16.7. The lowest BCUT2D eigenvalue weighted by atomic mass is 9.72. The van der Waals surface area contributed by atoms with Gasteiger partial charge in [0.2, 0.25) is 11.8 Å². The van der Waals surface area contributed by atoms with E-state index in [1.807, 2.05) is 0 Å². The largest absolute Gasteiger partial charge is 0.422 e.